The van der Waals surface area contributed by atoms with Crippen molar-refractivity contribution in [3.05, 3.63) is 58.1 Å². The van der Waals surface area contributed by atoms with Gasteiger partial charge in [0.1, 0.15) is 5.54 Å². The van der Waals surface area contributed by atoms with Gasteiger partial charge in [-0.15, -0.1) is 0 Å². The monoisotopic (exact) mass is 456 g/mol. The zero-order chi connectivity index (χ0) is 17.9. The molecular weight excluding hydrogens is 431 g/mol. The summed E-state index contributed by atoms with van der Waals surface area (Å²) in [5.74, 6) is 0. The van der Waals surface area contributed by atoms with Crippen LogP contribution in [0.2, 0.25) is 10.3 Å². The predicted octanol–water partition coefficient (Wildman–Crippen LogP) is 3.04. The van der Waals surface area contributed by atoms with Gasteiger partial charge >= 0.3 is 0 Å². The fourth-order valence-corrected chi connectivity index (χ4v) is 4.24. The van der Waals surface area contributed by atoms with Gasteiger partial charge in [0.2, 0.25) is 6.33 Å². The van der Waals surface area contributed by atoms with Crippen LogP contribution in [-0.2, 0) is 18.5 Å². The number of hydrogen-bond donors (Lipinski definition) is 0. The number of aromatic nitrogens is 2. The van der Waals surface area contributed by atoms with Gasteiger partial charge < -0.3 is 17.0 Å². The Kier molecular flexibility index (Phi) is 7.81. The van der Waals surface area contributed by atoms with E-state index in [2.05, 4.69) is 65.7 Å². The number of rotatable bonds is 7. The van der Waals surface area contributed by atoms with Crippen molar-refractivity contribution in [2.24, 2.45) is 0 Å². The zero-order valence-electron chi connectivity index (χ0n) is 15.5. The number of allylic oxidation sites excluding steroid dienone is 1. The molecule has 0 N–H and O–H groups in total. The fourth-order valence-electron chi connectivity index (χ4n) is 3.70. The third kappa shape index (κ3) is 4.21. The summed E-state index contributed by atoms with van der Waals surface area (Å²) >= 11 is 13.2. The Balaban J connectivity index is 0.00000243. The lowest BCUT2D eigenvalue weighted by Crippen LogP contribution is -3.00. The molecule has 0 saturated heterocycles. The first-order valence-corrected chi connectivity index (χ1v) is 10.1. The maximum atomic E-state index is 6.66. The van der Waals surface area contributed by atoms with Crippen LogP contribution in [0.25, 0.3) is 6.08 Å². The zero-order valence-corrected chi connectivity index (χ0v) is 18.6. The van der Waals surface area contributed by atoms with E-state index in [1.165, 1.54) is 30.4 Å². The normalized spacial score (nSPS) is 18.5. The van der Waals surface area contributed by atoms with Crippen LogP contribution in [0.3, 0.4) is 0 Å². The standard InChI is InChI=1S/C21H27Cl2N2.BrH/c1-3-5-6-9-14-24-16-25(20(23)19(24)22)21(4-2)13-12-17-10-7-8-11-18(17)15-21;/h7-8,10-13,16H,3-6,9,14-15H2,1-2H3;1H/q+1;/p-1. The summed E-state index contributed by atoms with van der Waals surface area (Å²) in [7, 11) is 0. The second-order valence-electron chi connectivity index (χ2n) is 6.99. The molecule has 0 bridgehead atoms. The number of unbranched alkanes of at least 4 members (excludes halogenated alkanes) is 3. The summed E-state index contributed by atoms with van der Waals surface area (Å²) in [6.07, 6.45) is 13.4. The average Bonchev–Trinajstić information content (AvgIpc) is 2.93. The number of nitrogens with zero attached hydrogens (tertiary/aromatic N) is 2. The third-order valence-corrected chi connectivity index (χ3v) is 6.21. The van der Waals surface area contributed by atoms with Crippen LogP contribution in [0.1, 0.15) is 57.1 Å². The van der Waals surface area contributed by atoms with Gasteiger partial charge in [0, 0.05) is 6.42 Å². The molecule has 1 atom stereocenters. The highest BCUT2D eigenvalue weighted by Crippen LogP contribution is 2.37. The van der Waals surface area contributed by atoms with E-state index in [1.54, 1.807) is 0 Å². The molecule has 1 aromatic heterocycles. The average molecular weight is 458 g/mol. The number of halogens is 3. The van der Waals surface area contributed by atoms with Crippen molar-refractivity contribution in [2.45, 2.75) is 64.5 Å². The summed E-state index contributed by atoms with van der Waals surface area (Å²) in [5.41, 5.74) is 2.51. The van der Waals surface area contributed by atoms with Crippen LogP contribution in [0.4, 0.5) is 0 Å². The van der Waals surface area contributed by atoms with Crippen LogP contribution in [0.15, 0.2) is 36.7 Å². The molecule has 1 aliphatic carbocycles. The predicted molar refractivity (Wildman–Crippen MR) is 106 cm³/mol. The number of hydrogen-bond acceptors (Lipinski definition) is 0. The van der Waals surface area contributed by atoms with Crippen molar-refractivity contribution < 1.29 is 21.5 Å². The van der Waals surface area contributed by atoms with Gasteiger partial charge in [-0.2, -0.15) is 0 Å². The van der Waals surface area contributed by atoms with E-state index in [0.717, 1.165) is 25.8 Å². The lowest BCUT2D eigenvalue weighted by atomic mass is 9.81. The Labute approximate surface area is 177 Å². The molecule has 1 heterocycles. The Morgan fingerprint density at radius 2 is 1.88 bits per heavy atom. The highest BCUT2D eigenvalue weighted by Gasteiger charge is 2.39. The van der Waals surface area contributed by atoms with Gasteiger partial charge in [0.15, 0.2) is 0 Å². The molecule has 5 heteroatoms. The Morgan fingerprint density at radius 3 is 2.62 bits per heavy atom. The van der Waals surface area contributed by atoms with Gasteiger partial charge in [0.25, 0.3) is 10.3 Å². The number of imidazole rings is 1. The van der Waals surface area contributed by atoms with E-state index in [9.17, 15) is 0 Å². The topological polar surface area (TPSA) is 8.81 Å². The summed E-state index contributed by atoms with van der Waals surface area (Å²) in [5, 5.41) is 1.29. The minimum Gasteiger partial charge on any atom is -1.00 e. The first kappa shape index (κ1) is 21.5. The largest absolute Gasteiger partial charge is 1.00 e. The SMILES string of the molecule is CCCCCC[n+]1cn(C2(CC)C=Cc3ccccc3C2)c(Cl)c1Cl.[Br-]. The second-order valence-corrected chi connectivity index (χ2v) is 7.70. The summed E-state index contributed by atoms with van der Waals surface area (Å²) in [6.45, 7) is 5.37. The molecule has 0 spiro atoms. The summed E-state index contributed by atoms with van der Waals surface area (Å²) in [6, 6.07) is 8.58. The van der Waals surface area contributed by atoms with Crippen molar-refractivity contribution in [2.75, 3.05) is 0 Å². The molecule has 3 rings (SSSR count). The molecule has 1 aliphatic rings. The maximum absolute atomic E-state index is 6.66. The Bertz CT molecular complexity index is 769. The van der Waals surface area contributed by atoms with E-state index in [4.69, 9.17) is 23.2 Å². The molecule has 1 unspecified atom stereocenters. The molecule has 0 radical (unpaired) electrons. The van der Waals surface area contributed by atoms with E-state index in [0.29, 0.717) is 10.3 Å². The highest BCUT2D eigenvalue weighted by molar-refractivity contribution is 6.39. The molecule has 2 nitrogen and oxygen atoms in total. The van der Waals surface area contributed by atoms with Crippen molar-refractivity contribution >= 4 is 29.3 Å². The Hall–Kier alpha value is -0.770. The molecule has 0 aliphatic heterocycles. The number of benzene rings is 1. The fraction of sp³-hybridized carbons (Fsp3) is 0.476. The number of aryl methyl sites for hydroxylation is 1. The third-order valence-electron chi connectivity index (χ3n) is 5.36. The quantitative estimate of drug-likeness (QED) is 0.446. The molecule has 0 amide bonds. The molecule has 0 fully saturated rings. The van der Waals surface area contributed by atoms with Gasteiger partial charge in [-0.05, 0) is 59.7 Å². The molecule has 2 aromatic rings. The lowest BCUT2D eigenvalue weighted by Gasteiger charge is -2.30. The van der Waals surface area contributed by atoms with Gasteiger partial charge in [-0.1, -0.05) is 57.0 Å². The van der Waals surface area contributed by atoms with Crippen LogP contribution in [-0.4, -0.2) is 4.57 Å². The molecule has 1 aromatic carbocycles. The van der Waals surface area contributed by atoms with Crippen molar-refractivity contribution in [3.8, 4) is 0 Å². The van der Waals surface area contributed by atoms with E-state index in [1.807, 2.05) is 0 Å². The van der Waals surface area contributed by atoms with Crippen LogP contribution in [0.5, 0.6) is 0 Å². The smallest absolute Gasteiger partial charge is 0.255 e. The van der Waals surface area contributed by atoms with Crippen molar-refractivity contribution in [3.63, 3.8) is 0 Å². The highest BCUT2D eigenvalue weighted by atomic mass is 79.9. The van der Waals surface area contributed by atoms with Gasteiger partial charge in [-0.3, -0.25) is 0 Å². The first-order chi connectivity index (χ1) is 12.1. The lowest BCUT2D eigenvalue weighted by molar-refractivity contribution is -0.695. The second kappa shape index (κ2) is 9.43. The molecule has 142 valence electrons. The van der Waals surface area contributed by atoms with Gasteiger partial charge in [-0.25, -0.2) is 9.13 Å². The van der Waals surface area contributed by atoms with Crippen LogP contribution >= 0.6 is 23.2 Å². The number of fused-ring (bicyclic) bond motifs is 1. The van der Waals surface area contributed by atoms with E-state index in [-0.39, 0.29) is 22.5 Å². The van der Waals surface area contributed by atoms with Crippen molar-refractivity contribution in [1.82, 2.24) is 4.57 Å². The van der Waals surface area contributed by atoms with Crippen LogP contribution in [0, 0.1) is 0 Å². The minimum atomic E-state index is -0.149. The molecule has 26 heavy (non-hydrogen) atoms. The minimum absolute atomic E-state index is 0. The first-order valence-electron chi connectivity index (χ1n) is 9.34. The van der Waals surface area contributed by atoms with Crippen molar-refractivity contribution in [1.29, 1.82) is 0 Å². The molecular formula is C21H27BrCl2N2. The van der Waals surface area contributed by atoms with Gasteiger partial charge in [0.05, 0.1) is 6.54 Å². The molecule has 0 saturated carbocycles. The Morgan fingerprint density at radius 1 is 1.12 bits per heavy atom. The maximum Gasteiger partial charge on any atom is 0.255 e. The van der Waals surface area contributed by atoms with E-state index < -0.39 is 0 Å². The van der Waals surface area contributed by atoms with E-state index >= 15 is 0 Å². The summed E-state index contributed by atoms with van der Waals surface area (Å²) < 4.78 is 4.27. The summed E-state index contributed by atoms with van der Waals surface area (Å²) in [4.78, 5) is 0. The van der Waals surface area contributed by atoms with Crippen LogP contribution < -0.4 is 21.5 Å².